The van der Waals surface area contributed by atoms with E-state index in [1.54, 1.807) is 136 Å². The zero-order valence-electron chi connectivity index (χ0n) is 72.2. The number of benzene rings is 2. The van der Waals surface area contributed by atoms with E-state index in [0.29, 0.717) is 54.9 Å². The molecule has 4 amide bonds. The quantitative estimate of drug-likeness (QED) is 0.0407. The predicted molar refractivity (Wildman–Crippen MR) is 458 cm³/mol. The molecule has 12 rings (SSSR count). The Bertz CT molecular complexity index is 5470. The van der Waals surface area contributed by atoms with Gasteiger partial charge < -0.3 is 29.4 Å². The number of hydrogen-bond donors (Lipinski definition) is 1. The molecular formula is C91H109F4N9O16S3. The SMILES string of the molecule is C#Cc1ccccc1-c1ccc(/C=C/[C@@H]2[C@@H]3[C@@H](C)N(C(=O)OC(C)(C)C)S(=O)(=O)[C@]3(CC(=O)OCC)CC(F)(F)[C@H]2C)nc1.CC[C@@H]1CC[C@@H]2[C@H]([C@H]1/C=C/c1ccc(-c3ccccc3C#N)cn1)[C@@H](C)N(C(=O)OC(C)(C)C)S2(=O)=O.COc1ncccc1-c1ccc(/C=C/[C@@H]2[C@@H]3[C@@H](C)N(C(=O)OC(C)(C)C)S(=O)(=O)[C@@]3(CC(N)=O)CC(F)(F)[C@H]2C)nc1. The molecule has 6 aromatic rings. The third-order valence-corrected chi connectivity index (χ3v) is 31.6. The van der Waals surface area contributed by atoms with E-state index < -0.39 is 183 Å². The summed E-state index contributed by atoms with van der Waals surface area (Å²) in [5.74, 6) is -12.8. The van der Waals surface area contributed by atoms with Gasteiger partial charge in [0.2, 0.25) is 41.9 Å². The number of nitrogens with two attached hydrogens (primary N) is 1. The first-order valence-electron chi connectivity index (χ1n) is 40.9. The van der Waals surface area contributed by atoms with Crippen molar-refractivity contribution in [2.45, 2.75) is 217 Å². The third-order valence-electron chi connectivity index (χ3n) is 24.1. The van der Waals surface area contributed by atoms with Gasteiger partial charge in [-0.1, -0.05) is 106 Å². The number of sulfonamides is 3. The molecule has 6 fully saturated rings. The van der Waals surface area contributed by atoms with Crippen LogP contribution in [0.25, 0.3) is 51.6 Å². The van der Waals surface area contributed by atoms with Crippen molar-refractivity contribution in [1.29, 1.82) is 5.26 Å². The van der Waals surface area contributed by atoms with Crippen LogP contribution in [0.4, 0.5) is 31.9 Å². The second-order valence-electron chi connectivity index (χ2n) is 35.4. The predicted octanol–water partition coefficient (Wildman–Crippen LogP) is 17.0. The molecule has 0 unspecified atom stereocenters. The fraction of sp³-hybridized carbons (Fsp3) is 0.495. The number of hydrogen-bond acceptors (Lipinski definition) is 21. The van der Waals surface area contributed by atoms with Crippen LogP contribution in [0, 0.1) is 76.9 Å². The second-order valence-corrected chi connectivity index (χ2v) is 41.7. The van der Waals surface area contributed by atoms with E-state index in [9.17, 15) is 54.5 Å². The van der Waals surface area contributed by atoms with Gasteiger partial charge in [-0.15, -0.1) is 6.42 Å². The number of pyridine rings is 4. The topological polar surface area (TPSA) is 345 Å². The number of halogens is 4. The van der Waals surface area contributed by atoms with E-state index in [2.05, 4.69) is 44.9 Å². The zero-order chi connectivity index (χ0) is 90.9. The lowest BCUT2D eigenvalue weighted by atomic mass is 9.61. The third kappa shape index (κ3) is 19.4. The molecule has 25 nitrogen and oxygen atoms in total. The highest BCUT2D eigenvalue weighted by Crippen LogP contribution is 2.63. The van der Waals surface area contributed by atoms with Gasteiger partial charge in [-0.3, -0.25) is 24.5 Å². The summed E-state index contributed by atoms with van der Waals surface area (Å²) in [5.41, 5.74) is 10.2. The number of terminal acetylenes is 1. The van der Waals surface area contributed by atoms with Crippen LogP contribution in [0.15, 0.2) is 140 Å². The normalized spacial score (nSPS) is 27.6. The van der Waals surface area contributed by atoms with Crippen LogP contribution in [-0.4, -0.2) is 163 Å². The first kappa shape index (κ1) is 94.7. The summed E-state index contributed by atoms with van der Waals surface area (Å²) in [4.78, 5) is 82.1. The number of nitrogens with zero attached hydrogens (tertiary/aromatic N) is 8. The lowest BCUT2D eigenvalue weighted by Gasteiger charge is -2.48. The van der Waals surface area contributed by atoms with Crippen LogP contribution in [0.1, 0.15) is 184 Å². The smallest absolute Gasteiger partial charge is 0.424 e. The van der Waals surface area contributed by atoms with E-state index in [-0.39, 0.29) is 18.4 Å². The number of methoxy groups -OCH3 is 1. The number of primary amides is 1. The average molecular weight is 1760 g/mol. The number of rotatable bonds is 16. The van der Waals surface area contributed by atoms with Gasteiger partial charge in [-0.05, 0) is 193 Å². The summed E-state index contributed by atoms with van der Waals surface area (Å²) in [7, 11) is -11.9. The highest BCUT2D eigenvalue weighted by atomic mass is 32.2. The number of carbonyl (C=O) groups excluding carboxylic acids is 5. The average Bonchev–Trinajstić information content (AvgIpc) is 1.53. The minimum atomic E-state index is -4.82. The molecule has 3 saturated carbocycles. The van der Waals surface area contributed by atoms with Crippen LogP contribution >= 0.6 is 0 Å². The lowest BCUT2D eigenvalue weighted by molar-refractivity contribution is -0.151. The number of ether oxygens (including phenoxy) is 5. The highest BCUT2D eigenvalue weighted by molar-refractivity contribution is 7.91. The second kappa shape index (κ2) is 36.3. The van der Waals surface area contributed by atoms with Crippen molar-refractivity contribution in [3.63, 3.8) is 0 Å². The number of nitriles is 1. The van der Waals surface area contributed by atoms with Crippen LogP contribution in [0.5, 0.6) is 5.88 Å². The molecule has 0 bridgehead atoms. The van der Waals surface area contributed by atoms with Crippen molar-refractivity contribution < 1.29 is 90.5 Å². The van der Waals surface area contributed by atoms with E-state index in [4.69, 9.17) is 35.8 Å². The molecule has 3 aliphatic carbocycles. The van der Waals surface area contributed by atoms with Crippen LogP contribution in [0.3, 0.4) is 0 Å². The molecule has 6 aliphatic rings. The van der Waals surface area contributed by atoms with Crippen LogP contribution in [-0.2, 0) is 58.6 Å². The van der Waals surface area contributed by atoms with Crippen LogP contribution < -0.4 is 10.5 Å². The number of carbonyl (C=O) groups is 5. The van der Waals surface area contributed by atoms with E-state index in [1.807, 2.05) is 73.7 Å². The van der Waals surface area contributed by atoms with Crippen molar-refractivity contribution >= 4 is 78.5 Å². The van der Waals surface area contributed by atoms with Gasteiger partial charge in [-0.2, -0.15) is 5.26 Å². The van der Waals surface area contributed by atoms with Gasteiger partial charge in [0.25, 0.3) is 11.8 Å². The Morgan fingerprint density at radius 1 is 0.553 bits per heavy atom. The van der Waals surface area contributed by atoms with Crippen molar-refractivity contribution in [1.82, 2.24) is 32.9 Å². The summed E-state index contributed by atoms with van der Waals surface area (Å²) in [6, 6.07) is 28.7. The van der Waals surface area contributed by atoms with Crippen molar-refractivity contribution in [2.75, 3.05) is 13.7 Å². The van der Waals surface area contributed by atoms with Gasteiger partial charge in [0.15, 0.2) is 0 Å². The first-order chi connectivity index (χ1) is 57.4. The zero-order valence-corrected chi connectivity index (χ0v) is 74.6. The fourth-order valence-corrected chi connectivity index (χ4v) is 26.2. The maximum absolute atomic E-state index is 15.9. The number of allylic oxidation sites excluding steroid dienone is 3. The highest BCUT2D eigenvalue weighted by Gasteiger charge is 2.75. The molecule has 660 valence electrons. The Labute approximate surface area is 718 Å². The molecule has 32 heteroatoms. The largest absolute Gasteiger partial charge is 0.481 e. The van der Waals surface area contributed by atoms with Gasteiger partial charge in [0.05, 0.1) is 72.2 Å². The standard InChI is InChI=1S/C33H38F2N2O6S.C29H36F2N4O6S.C29H35N3O4S/c1-8-23-12-10-11-13-27(23)24-14-15-25(36-19-24)16-17-26-21(3)33(34,35)20-32(18-28(38)42-9-2)29(26)22(4)37(44(32,40)41)30(39)43-31(5,6)7;1-17-21(12-11-20-10-9-19(15-34-20)22-8-7-13-33-25(22)40-6)24-18(2)35(26(37)41-27(3,4)5)42(38,39)28(24,14-23(32)36)16-29(17,30)31;1-6-20-12-16-26-27(19(2)32(37(26,34)35)28(33)36-29(3,4)5)25(20)15-14-23-13-11-22(18-31-23)24-10-8-7-9-21(24)17-30/h1,10-17,19,21-22,26,29H,9,18,20H2,2-7H3;7-13,15,17-18,21,24H,14,16H2,1-6H3,(H2,32,36);7-11,13-15,18-20,25-27H,6,12,16H2,1-5H3/b17-16+;12-11+;15-14+/t21-,22+,26-,29-,32+;17-,18+,21-,24-,28-;19-,20-,25+,26-,27+/m001/s1. The maximum Gasteiger partial charge on any atom is 0.424 e. The van der Waals surface area contributed by atoms with Gasteiger partial charge in [0.1, 0.15) is 26.3 Å². The minimum Gasteiger partial charge on any atom is -0.481 e. The molecule has 7 heterocycles. The summed E-state index contributed by atoms with van der Waals surface area (Å²) in [6.07, 6.45) is 17.5. The molecule has 3 saturated heterocycles. The Kier molecular flexibility index (Phi) is 28.0. The molecule has 2 aromatic carbocycles. The lowest BCUT2D eigenvalue weighted by Crippen LogP contribution is -2.59. The molecule has 123 heavy (non-hydrogen) atoms. The van der Waals surface area contributed by atoms with Gasteiger partial charge in [0, 0.05) is 107 Å². The van der Waals surface area contributed by atoms with Crippen molar-refractivity contribution in [2.24, 2.45) is 59.0 Å². The fourth-order valence-electron chi connectivity index (χ4n) is 18.7. The number of fused-ring (bicyclic) bond motifs is 3. The van der Waals surface area contributed by atoms with Crippen molar-refractivity contribution in [3.05, 3.63) is 168 Å². The molecular weight excluding hydrogens is 1650 g/mol. The maximum atomic E-state index is 15.9. The minimum absolute atomic E-state index is 0.0123. The first-order valence-corrected chi connectivity index (χ1v) is 45.3. The monoisotopic (exact) mass is 1760 g/mol. The molecule has 15 atom stereocenters. The van der Waals surface area contributed by atoms with Gasteiger partial charge in [-0.25, -0.2) is 75.1 Å². The number of alkyl halides is 4. The molecule has 4 aromatic heterocycles. The summed E-state index contributed by atoms with van der Waals surface area (Å²) in [6.45, 7) is 25.7. The van der Waals surface area contributed by atoms with Crippen LogP contribution in [0.2, 0.25) is 0 Å². The Morgan fingerprint density at radius 3 is 1.36 bits per heavy atom. The van der Waals surface area contributed by atoms with Gasteiger partial charge >= 0.3 is 24.2 Å². The summed E-state index contributed by atoms with van der Waals surface area (Å²) in [5, 5.41) is 8.79. The Balaban J connectivity index is 0.000000194. The van der Waals surface area contributed by atoms with Crippen molar-refractivity contribution in [3.8, 4) is 57.7 Å². The molecule has 3 aliphatic heterocycles. The number of aromatic nitrogens is 4. The number of amides is 4. The summed E-state index contributed by atoms with van der Waals surface area (Å²) >= 11 is 0. The van der Waals surface area contributed by atoms with E-state index >= 15 is 17.6 Å². The molecule has 0 spiro atoms. The number of esters is 1. The Morgan fingerprint density at radius 2 is 0.959 bits per heavy atom. The van der Waals surface area contributed by atoms with E-state index in [1.165, 1.54) is 53.0 Å². The summed E-state index contributed by atoms with van der Waals surface area (Å²) < 4.78 is 170. The molecule has 2 N–H and O–H groups in total. The Hall–Kier alpha value is -10.6. The van der Waals surface area contributed by atoms with E-state index in [0.717, 1.165) is 50.7 Å². The molecule has 0 radical (unpaired) electrons.